The zero-order valence-electron chi connectivity index (χ0n) is 14.0. The number of ether oxygens (including phenoxy) is 1. The van der Waals surface area contributed by atoms with Crippen molar-refractivity contribution in [2.24, 2.45) is 0 Å². The molecule has 0 amide bonds. The predicted molar refractivity (Wildman–Crippen MR) is 85.4 cm³/mol. The van der Waals surface area contributed by atoms with Gasteiger partial charge < -0.3 is 19.4 Å². The van der Waals surface area contributed by atoms with Crippen LogP contribution in [0.4, 0.5) is 0 Å². The first-order chi connectivity index (χ1) is 9.94. The lowest BCUT2D eigenvalue weighted by Gasteiger charge is -2.20. The molecule has 0 aliphatic carbocycles. The van der Waals surface area contributed by atoms with Gasteiger partial charge in [-0.05, 0) is 59.7 Å². The van der Waals surface area contributed by atoms with E-state index in [2.05, 4.69) is 37.1 Å². The Morgan fingerprint density at radius 1 is 1.29 bits per heavy atom. The van der Waals surface area contributed by atoms with Gasteiger partial charge in [0.15, 0.2) is 0 Å². The molecule has 2 heterocycles. The lowest BCUT2D eigenvalue weighted by Crippen LogP contribution is -2.35. The Balaban J connectivity index is 1.71. The third-order valence-corrected chi connectivity index (χ3v) is 3.88. The lowest BCUT2D eigenvalue weighted by molar-refractivity contribution is 0.0870. The lowest BCUT2D eigenvalue weighted by atomic mass is 10.1. The van der Waals surface area contributed by atoms with Crippen molar-refractivity contribution in [2.45, 2.75) is 59.2 Å². The third kappa shape index (κ3) is 5.81. The van der Waals surface area contributed by atoms with Gasteiger partial charge in [-0.1, -0.05) is 0 Å². The minimum atomic E-state index is 0.121. The number of hydrogen-bond donors (Lipinski definition) is 1. The summed E-state index contributed by atoms with van der Waals surface area (Å²) in [6.07, 6.45) is 2.67. The van der Waals surface area contributed by atoms with Crippen LogP contribution < -0.4 is 5.32 Å². The van der Waals surface area contributed by atoms with Gasteiger partial charge in [0.1, 0.15) is 18.1 Å². The summed E-state index contributed by atoms with van der Waals surface area (Å²) >= 11 is 0. The van der Waals surface area contributed by atoms with Crippen molar-refractivity contribution in [3.63, 3.8) is 0 Å². The van der Waals surface area contributed by atoms with Crippen molar-refractivity contribution < 1.29 is 9.15 Å². The number of nitrogens with one attached hydrogen (secondary N) is 1. The van der Waals surface area contributed by atoms with Crippen LogP contribution in [0.15, 0.2) is 10.5 Å². The van der Waals surface area contributed by atoms with E-state index in [1.807, 2.05) is 6.92 Å². The van der Waals surface area contributed by atoms with E-state index in [1.165, 1.54) is 31.5 Å². The number of hydrogen-bond acceptors (Lipinski definition) is 4. The van der Waals surface area contributed by atoms with E-state index < -0.39 is 0 Å². The molecule has 4 heteroatoms. The second kappa shape index (κ2) is 7.43. The molecule has 0 aromatic carbocycles. The van der Waals surface area contributed by atoms with Crippen molar-refractivity contribution in [1.29, 1.82) is 0 Å². The van der Waals surface area contributed by atoms with Gasteiger partial charge in [-0.15, -0.1) is 0 Å². The van der Waals surface area contributed by atoms with Crippen LogP contribution in [0.5, 0.6) is 0 Å². The van der Waals surface area contributed by atoms with E-state index in [4.69, 9.17) is 9.15 Å². The number of furan rings is 1. The van der Waals surface area contributed by atoms with E-state index in [0.717, 1.165) is 31.2 Å². The third-order valence-electron chi connectivity index (χ3n) is 3.88. The van der Waals surface area contributed by atoms with E-state index in [9.17, 15) is 0 Å². The van der Waals surface area contributed by atoms with Crippen LogP contribution >= 0.6 is 0 Å². The normalized spacial score (nSPS) is 16.8. The molecule has 4 nitrogen and oxygen atoms in total. The Bertz CT molecular complexity index is 428. The van der Waals surface area contributed by atoms with Gasteiger partial charge in [0.25, 0.3) is 0 Å². The maximum absolute atomic E-state index is 5.77. The molecule has 1 aromatic heterocycles. The highest BCUT2D eigenvalue weighted by atomic mass is 16.5. The highest BCUT2D eigenvalue weighted by Gasteiger charge is 2.13. The van der Waals surface area contributed by atoms with Crippen molar-refractivity contribution >= 4 is 0 Å². The summed E-state index contributed by atoms with van der Waals surface area (Å²) in [7, 11) is 0. The maximum atomic E-state index is 5.77. The summed E-state index contributed by atoms with van der Waals surface area (Å²) in [5, 5.41) is 3.49. The molecule has 0 radical (unpaired) electrons. The van der Waals surface area contributed by atoms with Gasteiger partial charge in [0, 0.05) is 24.2 Å². The Morgan fingerprint density at radius 2 is 2.00 bits per heavy atom. The highest BCUT2D eigenvalue weighted by molar-refractivity contribution is 5.20. The fourth-order valence-corrected chi connectivity index (χ4v) is 2.57. The number of nitrogens with zero attached hydrogens (tertiary/aromatic N) is 1. The smallest absolute Gasteiger partial charge is 0.130 e. The monoisotopic (exact) mass is 294 g/mol. The fourth-order valence-electron chi connectivity index (χ4n) is 2.57. The zero-order valence-corrected chi connectivity index (χ0v) is 14.0. The van der Waals surface area contributed by atoms with Crippen molar-refractivity contribution in [3.8, 4) is 0 Å². The van der Waals surface area contributed by atoms with Crippen LogP contribution in [-0.2, 0) is 17.9 Å². The Kier molecular flexibility index (Phi) is 5.85. The minimum Gasteiger partial charge on any atom is -0.464 e. The first-order valence-corrected chi connectivity index (χ1v) is 8.07. The molecule has 1 fully saturated rings. The van der Waals surface area contributed by atoms with Crippen LogP contribution in [0.3, 0.4) is 0 Å². The van der Waals surface area contributed by atoms with E-state index in [-0.39, 0.29) is 5.54 Å². The molecule has 0 unspecified atom stereocenters. The molecule has 0 bridgehead atoms. The second-order valence-electron chi connectivity index (χ2n) is 7.00. The van der Waals surface area contributed by atoms with E-state index >= 15 is 0 Å². The molecule has 0 spiro atoms. The van der Waals surface area contributed by atoms with Gasteiger partial charge in [0.2, 0.25) is 0 Å². The SMILES string of the molecule is Cc1oc(COCCN2CCCC2)cc1CNC(C)(C)C. The number of likely N-dealkylation sites (tertiary alicyclic amines) is 1. The zero-order chi connectivity index (χ0) is 15.3. The van der Waals surface area contributed by atoms with Crippen LogP contribution in [0.25, 0.3) is 0 Å². The Morgan fingerprint density at radius 3 is 2.67 bits per heavy atom. The van der Waals surface area contributed by atoms with E-state index in [1.54, 1.807) is 0 Å². The second-order valence-corrected chi connectivity index (χ2v) is 7.00. The number of aryl methyl sites for hydroxylation is 1. The number of rotatable bonds is 7. The molecule has 21 heavy (non-hydrogen) atoms. The summed E-state index contributed by atoms with van der Waals surface area (Å²) in [5.41, 5.74) is 1.35. The molecule has 1 saturated heterocycles. The fraction of sp³-hybridized carbons (Fsp3) is 0.765. The van der Waals surface area contributed by atoms with Crippen LogP contribution in [0.2, 0.25) is 0 Å². The summed E-state index contributed by atoms with van der Waals surface area (Å²) in [6, 6.07) is 2.12. The van der Waals surface area contributed by atoms with Crippen molar-refractivity contribution in [2.75, 3.05) is 26.2 Å². The molecule has 1 aromatic rings. The average Bonchev–Trinajstić information content (AvgIpc) is 3.01. The molecule has 0 atom stereocenters. The summed E-state index contributed by atoms with van der Waals surface area (Å²) in [5.74, 6) is 1.92. The highest BCUT2D eigenvalue weighted by Crippen LogP contribution is 2.16. The van der Waals surface area contributed by atoms with Gasteiger partial charge in [-0.3, -0.25) is 0 Å². The molecule has 120 valence electrons. The molecular weight excluding hydrogens is 264 g/mol. The minimum absolute atomic E-state index is 0.121. The molecule has 2 rings (SSSR count). The molecule has 1 aliphatic rings. The summed E-state index contributed by atoms with van der Waals surface area (Å²) in [6.45, 7) is 14.2. The molecule has 0 saturated carbocycles. The quantitative estimate of drug-likeness (QED) is 0.784. The Hall–Kier alpha value is -0.840. The predicted octanol–water partition coefficient (Wildman–Crippen LogP) is 3.09. The standard InChI is InChI=1S/C17H30N2O2/c1-14-15(12-18-17(2,3)4)11-16(21-14)13-20-10-9-19-7-5-6-8-19/h11,18H,5-10,12-13H2,1-4H3. The first kappa shape index (κ1) is 16.5. The van der Waals surface area contributed by atoms with Gasteiger partial charge in [-0.2, -0.15) is 0 Å². The van der Waals surface area contributed by atoms with Crippen molar-refractivity contribution in [1.82, 2.24) is 10.2 Å². The first-order valence-electron chi connectivity index (χ1n) is 8.07. The summed E-state index contributed by atoms with van der Waals surface area (Å²) < 4.78 is 11.5. The Labute approximate surface area is 128 Å². The van der Waals surface area contributed by atoms with Gasteiger partial charge >= 0.3 is 0 Å². The maximum Gasteiger partial charge on any atom is 0.130 e. The topological polar surface area (TPSA) is 37.6 Å². The van der Waals surface area contributed by atoms with E-state index in [0.29, 0.717) is 6.61 Å². The van der Waals surface area contributed by atoms with Gasteiger partial charge in [0.05, 0.1) is 6.61 Å². The van der Waals surface area contributed by atoms with Crippen LogP contribution in [0, 0.1) is 6.92 Å². The molecule has 1 N–H and O–H groups in total. The largest absolute Gasteiger partial charge is 0.464 e. The van der Waals surface area contributed by atoms with Crippen molar-refractivity contribution in [3.05, 3.63) is 23.2 Å². The summed E-state index contributed by atoms with van der Waals surface area (Å²) in [4.78, 5) is 2.46. The average molecular weight is 294 g/mol. The van der Waals surface area contributed by atoms with Crippen LogP contribution in [0.1, 0.15) is 50.7 Å². The van der Waals surface area contributed by atoms with Gasteiger partial charge in [-0.25, -0.2) is 0 Å². The van der Waals surface area contributed by atoms with Crippen LogP contribution in [-0.4, -0.2) is 36.7 Å². The molecular formula is C17H30N2O2. The molecule has 1 aliphatic heterocycles.